The molecule has 3 nitrogen and oxygen atoms in total. The number of rotatable bonds is 3. The second-order valence-electron chi connectivity index (χ2n) is 4.81. The Kier molecular flexibility index (Phi) is 4.19. The zero-order valence-corrected chi connectivity index (χ0v) is 11.8. The fourth-order valence-corrected chi connectivity index (χ4v) is 2.62. The maximum Gasteiger partial charge on any atom is 0.106 e. The number of piperidine rings is 1. The number of nitrogens with zero attached hydrogens (tertiary/aromatic N) is 1. The molecule has 0 unspecified atom stereocenters. The smallest absolute Gasteiger partial charge is 0.106 e. The number of thiocarbonyl (C=S) groups is 1. The molecule has 0 spiro atoms. The Balaban J connectivity index is 2.22. The summed E-state index contributed by atoms with van der Waals surface area (Å²) >= 11 is 5.13. The first-order valence-corrected chi connectivity index (χ1v) is 6.71. The Morgan fingerprint density at radius 1 is 1.39 bits per heavy atom. The minimum atomic E-state index is 0.388. The van der Waals surface area contributed by atoms with Crippen LogP contribution in [-0.4, -0.2) is 31.3 Å². The number of hydrogen-bond donors (Lipinski definition) is 1. The monoisotopic (exact) mass is 264 g/mol. The summed E-state index contributed by atoms with van der Waals surface area (Å²) < 4.78 is 5.40. The van der Waals surface area contributed by atoms with Crippen LogP contribution in [0.2, 0.25) is 0 Å². The van der Waals surface area contributed by atoms with Crippen molar-refractivity contribution in [2.75, 3.05) is 25.1 Å². The van der Waals surface area contributed by atoms with E-state index in [1.165, 1.54) is 5.56 Å². The van der Waals surface area contributed by atoms with Crippen LogP contribution < -0.4 is 10.6 Å². The van der Waals surface area contributed by atoms with Crippen molar-refractivity contribution in [3.05, 3.63) is 29.3 Å². The normalized spacial score (nSPS) is 16.9. The topological polar surface area (TPSA) is 38.5 Å². The van der Waals surface area contributed by atoms with Crippen molar-refractivity contribution in [2.45, 2.75) is 25.9 Å². The summed E-state index contributed by atoms with van der Waals surface area (Å²) in [5.74, 6) is 0. The molecule has 0 aliphatic carbocycles. The van der Waals surface area contributed by atoms with E-state index in [2.05, 4.69) is 24.0 Å². The van der Waals surface area contributed by atoms with E-state index in [-0.39, 0.29) is 0 Å². The maximum absolute atomic E-state index is 5.80. The highest BCUT2D eigenvalue weighted by Crippen LogP contribution is 2.26. The van der Waals surface area contributed by atoms with Crippen molar-refractivity contribution in [1.29, 1.82) is 0 Å². The average Bonchev–Trinajstić information content (AvgIpc) is 2.38. The second-order valence-corrected chi connectivity index (χ2v) is 5.25. The third-order valence-electron chi connectivity index (χ3n) is 3.53. The Morgan fingerprint density at radius 2 is 2.06 bits per heavy atom. The summed E-state index contributed by atoms with van der Waals surface area (Å²) in [6.45, 7) is 4.09. The highest BCUT2D eigenvalue weighted by molar-refractivity contribution is 7.80. The number of ether oxygens (including phenoxy) is 1. The van der Waals surface area contributed by atoms with Gasteiger partial charge in [0.15, 0.2) is 0 Å². The van der Waals surface area contributed by atoms with Gasteiger partial charge in [0.25, 0.3) is 0 Å². The molecule has 1 aromatic carbocycles. The van der Waals surface area contributed by atoms with E-state index in [1.807, 2.05) is 6.07 Å². The first-order chi connectivity index (χ1) is 8.61. The number of anilines is 1. The van der Waals surface area contributed by atoms with Crippen molar-refractivity contribution in [3.8, 4) is 0 Å². The van der Waals surface area contributed by atoms with Crippen LogP contribution >= 0.6 is 12.2 Å². The molecule has 2 N–H and O–H groups in total. The van der Waals surface area contributed by atoms with Crippen molar-refractivity contribution in [2.24, 2.45) is 5.73 Å². The zero-order chi connectivity index (χ0) is 13.1. The zero-order valence-electron chi connectivity index (χ0n) is 11.0. The number of aryl methyl sites for hydroxylation is 1. The van der Waals surface area contributed by atoms with Gasteiger partial charge in [0, 0.05) is 31.5 Å². The molecule has 1 fully saturated rings. The summed E-state index contributed by atoms with van der Waals surface area (Å²) in [6.07, 6.45) is 2.50. The van der Waals surface area contributed by atoms with Gasteiger partial charge in [-0.05, 0) is 37.5 Å². The summed E-state index contributed by atoms with van der Waals surface area (Å²) in [4.78, 5) is 2.83. The highest BCUT2D eigenvalue weighted by atomic mass is 32.1. The lowest BCUT2D eigenvalue weighted by atomic mass is 10.0. The van der Waals surface area contributed by atoms with Gasteiger partial charge in [-0.1, -0.05) is 18.3 Å². The predicted octanol–water partition coefficient (Wildman–Crippen LogP) is 2.24. The molecule has 0 saturated carbocycles. The van der Waals surface area contributed by atoms with Gasteiger partial charge in [0.2, 0.25) is 0 Å². The van der Waals surface area contributed by atoms with Crippen molar-refractivity contribution in [3.63, 3.8) is 0 Å². The quantitative estimate of drug-likeness (QED) is 0.850. The predicted molar refractivity (Wildman–Crippen MR) is 79.3 cm³/mol. The lowest BCUT2D eigenvalue weighted by molar-refractivity contribution is 0.0819. The van der Waals surface area contributed by atoms with Gasteiger partial charge < -0.3 is 15.4 Å². The molecular formula is C14H20N2OS. The Morgan fingerprint density at radius 3 is 2.61 bits per heavy atom. The van der Waals surface area contributed by atoms with Crippen LogP contribution in [0.3, 0.4) is 0 Å². The molecule has 1 saturated heterocycles. The van der Waals surface area contributed by atoms with Crippen molar-refractivity contribution < 1.29 is 4.74 Å². The van der Waals surface area contributed by atoms with Gasteiger partial charge in [-0.3, -0.25) is 0 Å². The lowest BCUT2D eigenvalue weighted by Crippen LogP contribution is -2.37. The molecule has 0 radical (unpaired) electrons. The largest absolute Gasteiger partial charge is 0.389 e. The minimum Gasteiger partial charge on any atom is -0.389 e. The summed E-state index contributed by atoms with van der Waals surface area (Å²) in [5, 5.41) is 0. The van der Waals surface area contributed by atoms with E-state index >= 15 is 0 Å². The van der Waals surface area contributed by atoms with Crippen LogP contribution in [0.1, 0.15) is 24.0 Å². The molecular weight excluding hydrogens is 244 g/mol. The summed E-state index contributed by atoms with van der Waals surface area (Å²) in [5.41, 5.74) is 9.18. The Bertz CT molecular complexity index is 439. The second kappa shape index (κ2) is 5.67. The van der Waals surface area contributed by atoms with E-state index in [0.29, 0.717) is 11.1 Å². The number of methoxy groups -OCH3 is 1. The van der Waals surface area contributed by atoms with E-state index in [9.17, 15) is 0 Å². The summed E-state index contributed by atoms with van der Waals surface area (Å²) in [6, 6.07) is 6.25. The molecule has 1 aromatic rings. The molecule has 0 amide bonds. The third kappa shape index (κ3) is 2.82. The van der Waals surface area contributed by atoms with Gasteiger partial charge in [-0.2, -0.15) is 0 Å². The standard InChI is InChI=1S/C14H20N2OS/c1-10-3-4-12(14(15)18)13(9-10)16-7-5-11(17-2)6-8-16/h3-4,9,11H,5-8H2,1-2H3,(H2,15,18). The SMILES string of the molecule is COC1CCN(c2cc(C)ccc2C(N)=S)CC1. The Hall–Kier alpha value is -1.13. The molecule has 1 aliphatic rings. The fraction of sp³-hybridized carbons (Fsp3) is 0.500. The Labute approximate surface area is 114 Å². The van der Waals surface area contributed by atoms with Crippen LogP contribution in [0.15, 0.2) is 18.2 Å². The molecule has 98 valence electrons. The minimum absolute atomic E-state index is 0.388. The lowest BCUT2D eigenvalue weighted by Gasteiger charge is -2.34. The van der Waals surface area contributed by atoms with Crippen LogP contribution in [0.25, 0.3) is 0 Å². The van der Waals surface area contributed by atoms with Crippen LogP contribution in [0.4, 0.5) is 5.69 Å². The van der Waals surface area contributed by atoms with Crippen LogP contribution in [-0.2, 0) is 4.74 Å². The van der Waals surface area contributed by atoms with Gasteiger partial charge >= 0.3 is 0 Å². The molecule has 0 bridgehead atoms. The molecule has 4 heteroatoms. The van der Waals surface area contributed by atoms with E-state index < -0.39 is 0 Å². The first kappa shape index (κ1) is 13.3. The fourth-order valence-electron chi connectivity index (χ4n) is 2.44. The molecule has 1 heterocycles. The van der Waals surface area contributed by atoms with Crippen molar-refractivity contribution >= 4 is 22.9 Å². The number of hydrogen-bond acceptors (Lipinski definition) is 3. The van der Waals surface area contributed by atoms with E-state index in [1.54, 1.807) is 7.11 Å². The maximum atomic E-state index is 5.80. The third-order valence-corrected chi connectivity index (χ3v) is 3.75. The van der Waals surface area contributed by atoms with Gasteiger partial charge in [-0.25, -0.2) is 0 Å². The molecule has 2 rings (SSSR count). The number of nitrogens with two attached hydrogens (primary N) is 1. The van der Waals surface area contributed by atoms with Gasteiger partial charge in [-0.15, -0.1) is 0 Å². The molecule has 0 atom stereocenters. The average molecular weight is 264 g/mol. The van der Waals surface area contributed by atoms with Crippen LogP contribution in [0, 0.1) is 6.92 Å². The molecule has 0 aromatic heterocycles. The van der Waals surface area contributed by atoms with Gasteiger partial charge in [0.05, 0.1) is 6.10 Å². The first-order valence-electron chi connectivity index (χ1n) is 6.30. The van der Waals surface area contributed by atoms with E-state index in [0.717, 1.165) is 37.2 Å². The van der Waals surface area contributed by atoms with E-state index in [4.69, 9.17) is 22.7 Å². The molecule has 18 heavy (non-hydrogen) atoms. The molecule has 1 aliphatic heterocycles. The van der Waals surface area contributed by atoms with Gasteiger partial charge in [0.1, 0.15) is 4.99 Å². The highest BCUT2D eigenvalue weighted by Gasteiger charge is 2.21. The van der Waals surface area contributed by atoms with Crippen molar-refractivity contribution in [1.82, 2.24) is 0 Å². The van der Waals surface area contributed by atoms with Crippen LogP contribution in [0.5, 0.6) is 0 Å². The number of benzene rings is 1. The summed E-state index contributed by atoms with van der Waals surface area (Å²) in [7, 11) is 1.79.